The average Bonchev–Trinajstić information content (AvgIpc) is 2.15. The maximum atomic E-state index is 11.7. The van der Waals surface area contributed by atoms with Gasteiger partial charge in [-0.25, -0.2) is 0 Å². The molecule has 2 nitrogen and oxygen atoms in total. The number of hydrogen-bond donors (Lipinski definition) is 1. The number of carbonyl (C=O) groups is 1. The fourth-order valence-corrected chi connectivity index (χ4v) is 1.73. The van der Waals surface area contributed by atoms with Gasteiger partial charge in [0.05, 0.1) is 5.60 Å². The topological polar surface area (TPSA) is 37.3 Å². The summed E-state index contributed by atoms with van der Waals surface area (Å²) in [5.41, 5.74) is 1.77. The van der Waals surface area contributed by atoms with Gasteiger partial charge in [-0.2, -0.15) is 0 Å². The third-order valence-corrected chi connectivity index (χ3v) is 2.64. The summed E-state index contributed by atoms with van der Waals surface area (Å²) in [6.07, 6.45) is 1.68. The highest BCUT2D eigenvalue weighted by molar-refractivity contribution is 5.91. The minimum Gasteiger partial charge on any atom is -0.385 e. The predicted molar refractivity (Wildman–Crippen MR) is 69.8 cm³/mol. The van der Waals surface area contributed by atoms with Crippen LogP contribution in [0.3, 0.4) is 0 Å². The van der Waals surface area contributed by atoms with Crippen molar-refractivity contribution < 1.29 is 9.90 Å². The Morgan fingerprint density at radius 3 is 2.29 bits per heavy atom. The van der Waals surface area contributed by atoms with E-state index < -0.39 is 5.60 Å². The van der Waals surface area contributed by atoms with Gasteiger partial charge in [-0.3, -0.25) is 4.79 Å². The number of allylic oxidation sites excluding steroid dienone is 2. The van der Waals surface area contributed by atoms with Crippen molar-refractivity contribution in [3.8, 4) is 0 Å². The zero-order valence-corrected chi connectivity index (χ0v) is 10.9. The van der Waals surface area contributed by atoms with Gasteiger partial charge < -0.3 is 5.11 Å². The van der Waals surface area contributed by atoms with Crippen LogP contribution in [0, 0.1) is 6.92 Å². The van der Waals surface area contributed by atoms with Gasteiger partial charge in [-0.1, -0.05) is 35.4 Å². The summed E-state index contributed by atoms with van der Waals surface area (Å²) >= 11 is 0. The van der Waals surface area contributed by atoms with E-state index in [9.17, 15) is 9.90 Å². The predicted octanol–water partition coefficient (Wildman–Crippen LogP) is 3.13. The van der Waals surface area contributed by atoms with Gasteiger partial charge in [0, 0.05) is 6.42 Å². The van der Waals surface area contributed by atoms with E-state index in [1.807, 2.05) is 45.0 Å². The van der Waals surface area contributed by atoms with Crippen LogP contribution in [0.15, 0.2) is 35.9 Å². The molecule has 0 amide bonds. The first-order valence-corrected chi connectivity index (χ1v) is 5.78. The smallest absolute Gasteiger partial charge is 0.158 e. The van der Waals surface area contributed by atoms with Gasteiger partial charge in [-0.15, -0.1) is 0 Å². The van der Waals surface area contributed by atoms with Crippen LogP contribution in [0.5, 0.6) is 0 Å². The Balaban J connectivity index is 2.85. The third-order valence-electron chi connectivity index (χ3n) is 2.64. The highest BCUT2D eigenvalue weighted by atomic mass is 16.3. The van der Waals surface area contributed by atoms with Crippen molar-refractivity contribution in [2.24, 2.45) is 0 Å². The highest BCUT2D eigenvalue weighted by Gasteiger charge is 2.25. The maximum Gasteiger partial charge on any atom is 0.158 e. The van der Waals surface area contributed by atoms with E-state index >= 15 is 0 Å². The molecule has 0 bridgehead atoms. The lowest BCUT2D eigenvalue weighted by atomic mass is 9.90. The monoisotopic (exact) mass is 232 g/mol. The van der Waals surface area contributed by atoms with Crippen molar-refractivity contribution in [3.05, 3.63) is 47.0 Å². The number of ketones is 1. The molecule has 1 aromatic carbocycles. The molecule has 0 aliphatic heterocycles. The molecular formula is C15H20O2. The lowest BCUT2D eigenvalue weighted by molar-refractivity contribution is -0.119. The van der Waals surface area contributed by atoms with Crippen LogP contribution in [-0.2, 0) is 10.4 Å². The molecule has 0 radical (unpaired) electrons. The maximum absolute atomic E-state index is 11.7. The van der Waals surface area contributed by atoms with Crippen LogP contribution in [0.25, 0.3) is 0 Å². The number of carbonyl (C=O) groups excluding carboxylic acids is 1. The molecule has 0 spiro atoms. The Bertz CT molecular complexity index is 421. The molecule has 92 valence electrons. The molecule has 0 aliphatic rings. The number of aliphatic hydroxyl groups is 1. The quantitative estimate of drug-likeness (QED) is 0.810. The fraction of sp³-hybridized carbons (Fsp3) is 0.400. The summed E-state index contributed by atoms with van der Waals surface area (Å²) in [4.78, 5) is 11.7. The van der Waals surface area contributed by atoms with E-state index in [0.717, 1.165) is 16.7 Å². The minimum absolute atomic E-state index is 0.0458. The number of benzene rings is 1. The number of rotatable bonds is 4. The second-order valence-corrected chi connectivity index (χ2v) is 5.00. The van der Waals surface area contributed by atoms with Crippen LogP contribution in [0.1, 0.15) is 38.3 Å². The SMILES string of the molecule is CC(C)=CC(=O)C[C@@](C)(O)c1ccc(C)cc1. The highest BCUT2D eigenvalue weighted by Crippen LogP contribution is 2.25. The van der Waals surface area contributed by atoms with Crippen LogP contribution in [0.4, 0.5) is 0 Å². The molecule has 2 heteroatoms. The average molecular weight is 232 g/mol. The molecule has 0 saturated heterocycles. The van der Waals surface area contributed by atoms with Crippen molar-refractivity contribution in [3.63, 3.8) is 0 Å². The van der Waals surface area contributed by atoms with Crippen molar-refractivity contribution in [1.82, 2.24) is 0 Å². The largest absolute Gasteiger partial charge is 0.385 e. The number of hydrogen-bond acceptors (Lipinski definition) is 2. The molecular weight excluding hydrogens is 212 g/mol. The molecule has 1 atom stereocenters. The van der Waals surface area contributed by atoms with Crippen molar-refractivity contribution >= 4 is 5.78 Å². The van der Waals surface area contributed by atoms with Gasteiger partial charge in [-0.05, 0) is 39.3 Å². The van der Waals surface area contributed by atoms with Gasteiger partial charge >= 0.3 is 0 Å². The lowest BCUT2D eigenvalue weighted by Gasteiger charge is -2.22. The Morgan fingerprint density at radius 1 is 1.29 bits per heavy atom. The first-order valence-electron chi connectivity index (χ1n) is 5.78. The zero-order valence-electron chi connectivity index (χ0n) is 10.9. The van der Waals surface area contributed by atoms with Gasteiger partial charge in [0.25, 0.3) is 0 Å². The van der Waals surface area contributed by atoms with E-state index in [1.54, 1.807) is 13.0 Å². The first kappa shape index (κ1) is 13.7. The Kier molecular flexibility index (Phi) is 4.24. The fourth-order valence-electron chi connectivity index (χ4n) is 1.73. The second kappa shape index (κ2) is 5.28. The van der Waals surface area contributed by atoms with E-state index in [-0.39, 0.29) is 12.2 Å². The Labute approximate surface area is 103 Å². The van der Waals surface area contributed by atoms with Crippen LogP contribution < -0.4 is 0 Å². The third kappa shape index (κ3) is 4.16. The van der Waals surface area contributed by atoms with E-state index in [1.165, 1.54) is 0 Å². The second-order valence-electron chi connectivity index (χ2n) is 5.00. The van der Waals surface area contributed by atoms with E-state index in [0.29, 0.717) is 0 Å². The Morgan fingerprint density at radius 2 is 1.82 bits per heavy atom. The molecule has 1 aromatic rings. The standard InChI is InChI=1S/C15H20O2/c1-11(2)9-14(16)10-15(4,17)13-7-5-12(3)6-8-13/h5-9,17H,10H2,1-4H3/t15-/m1/s1. The molecule has 1 rings (SSSR count). The van der Waals surface area contributed by atoms with Gasteiger partial charge in [0.15, 0.2) is 5.78 Å². The molecule has 0 aromatic heterocycles. The number of aryl methyl sites for hydroxylation is 1. The Hall–Kier alpha value is -1.41. The van der Waals surface area contributed by atoms with Crippen LogP contribution in [0.2, 0.25) is 0 Å². The molecule has 0 unspecified atom stereocenters. The molecule has 0 aliphatic carbocycles. The van der Waals surface area contributed by atoms with E-state index in [4.69, 9.17) is 0 Å². The van der Waals surface area contributed by atoms with Gasteiger partial charge in [0.1, 0.15) is 0 Å². The molecule has 17 heavy (non-hydrogen) atoms. The summed E-state index contributed by atoms with van der Waals surface area (Å²) in [6, 6.07) is 7.61. The van der Waals surface area contributed by atoms with Crippen molar-refractivity contribution in [2.45, 2.75) is 39.7 Å². The van der Waals surface area contributed by atoms with Crippen LogP contribution >= 0.6 is 0 Å². The van der Waals surface area contributed by atoms with E-state index in [2.05, 4.69) is 0 Å². The summed E-state index contributed by atoms with van der Waals surface area (Å²) in [6.45, 7) is 7.41. The summed E-state index contributed by atoms with van der Waals surface area (Å²) in [7, 11) is 0. The molecule has 0 heterocycles. The van der Waals surface area contributed by atoms with Crippen molar-refractivity contribution in [1.29, 1.82) is 0 Å². The molecule has 0 fully saturated rings. The summed E-state index contributed by atoms with van der Waals surface area (Å²) < 4.78 is 0. The first-order chi connectivity index (χ1) is 7.81. The normalized spacial score (nSPS) is 13.9. The van der Waals surface area contributed by atoms with Gasteiger partial charge in [0.2, 0.25) is 0 Å². The molecule has 1 N–H and O–H groups in total. The summed E-state index contributed by atoms with van der Waals surface area (Å²) in [5.74, 6) is -0.0458. The zero-order chi connectivity index (χ0) is 13.1. The lowest BCUT2D eigenvalue weighted by Crippen LogP contribution is -2.24. The molecule has 0 saturated carbocycles. The minimum atomic E-state index is -1.10. The summed E-state index contributed by atoms with van der Waals surface area (Å²) in [5, 5.41) is 10.3. The van der Waals surface area contributed by atoms with Crippen LogP contribution in [-0.4, -0.2) is 10.9 Å². The van der Waals surface area contributed by atoms with Crippen molar-refractivity contribution in [2.75, 3.05) is 0 Å².